The molecular weight excluding hydrogens is 299 g/mol. The molecule has 0 bridgehead atoms. The third-order valence-electron chi connectivity index (χ3n) is 3.43. The van der Waals surface area contributed by atoms with E-state index in [1.165, 1.54) is 12.1 Å². The lowest BCUT2D eigenvalue weighted by Gasteiger charge is -2.30. The van der Waals surface area contributed by atoms with E-state index in [1.54, 1.807) is 6.07 Å². The molecule has 1 aromatic carbocycles. The molecule has 2 unspecified atom stereocenters. The molecule has 1 aromatic rings. The summed E-state index contributed by atoms with van der Waals surface area (Å²) in [7, 11) is 0. The van der Waals surface area contributed by atoms with E-state index in [0.29, 0.717) is 5.92 Å². The minimum atomic E-state index is -0.233. The zero-order valence-corrected chi connectivity index (χ0v) is 11.7. The van der Waals surface area contributed by atoms with E-state index in [4.69, 9.17) is 10.6 Å². The topological polar surface area (TPSA) is 47.3 Å². The lowest BCUT2D eigenvalue weighted by atomic mass is 9.90. The van der Waals surface area contributed by atoms with Crippen LogP contribution in [0.25, 0.3) is 0 Å². The molecule has 0 radical (unpaired) electrons. The van der Waals surface area contributed by atoms with Crippen LogP contribution in [0.5, 0.6) is 0 Å². The average Bonchev–Trinajstić information content (AvgIpc) is 2.39. The van der Waals surface area contributed by atoms with Crippen LogP contribution in [0.1, 0.15) is 18.4 Å². The standard InChI is InChI=1S/C13H18BrFN2O/c14-12-7-11(15)4-3-9(12)6-13(17-16)10-2-1-5-18-8-10/h3-4,7,10,13,17H,1-2,5-6,8,16H2. The Morgan fingerprint density at radius 3 is 3.00 bits per heavy atom. The van der Waals surface area contributed by atoms with Gasteiger partial charge >= 0.3 is 0 Å². The van der Waals surface area contributed by atoms with Crippen molar-refractivity contribution < 1.29 is 9.13 Å². The number of nitrogens with two attached hydrogens (primary N) is 1. The average molecular weight is 317 g/mol. The second-order valence-electron chi connectivity index (χ2n) is 4.69. The molecule has 0 aromatic heterocycles. The summed E-state index contributed by atoms with van der Waals surface area (Å²) in [6, 6.07) is 4.92. The van der Waals surface area contributed by atoms with E-state index in [0.717, 1.165) is 42.5 Å². The summed E-state index contributed by atoms with van der Waals surface area (Å²) in [5, 5.41) is 0. The van der Waals surface area contributed by atoms with Gasteiger partial charge in [-0.3, -0.25) is 11.3 Å². The molecule has 1 saturated heterocycles. The normalized spacial score (nSPS) is 21.8. The quantitative estimate of drug-likeness (QED) is 0.662. The summed E-state index contributed by atoms with van der Waals surface area (Å²) in [6.45, 7) is 1.59. The molecule has 100 valence electrons. The molecule has 0 aliphatic carbocycles. The Balaban J connectivity index is 2.04. The van der Waals surface area contributed by atoms with Crippen LogP contribution in [-0.4, -0.2) is 19.3 Å². The minimum absolute atomic E-state index is 0.159. The predicted octanol–water partition coefficient (Wildman–Crippen LogP) is 2.39. The van der Waals surface area contributed by atoms with Crippen molar-refractivity contribution in [3.8, 4) is 0 Å². The van der Waals surface area contributed by atoms with E-state index in [-0.39, 0.29) is 11.9 Å². The molecule has 3 N–H and O–H groups in total. The maximum atomic E-state index is 13.0. The summed E-state index contributed by atoms with van der Waals surface area (Å²) < 4.78 is 19.3. The minimum Gasteiger partial charge on any atom is -0.381 e. The predicted molar refractivity (Wildman–Crippen MR) is 72.5 cm³/mol. The fraction of sp³-hybridized carbons (Fsp3) is 0.538. The lowest BCUT2D eigenvalue weighted by molar-refractivity contribution is 0.0393. The highest BCUT2D eigenvalue weighted by atomic mass is 79.9. The molecule has 0 amide bonds. The highest BCUT2D eigenvalue weighted by Crippen LogP contribution is 2.24. The van der Waals surface area contributed by atoms with Crippen LogP contribution < -0.4 is 11.3 Å². The molecule has 1 aliphatic heterocycles. The molecule has 0 spiro atoms. The molecule has 1 aliphatic rings. The highest BCUT2D eigenvalue weighted by molar-refractivity contribution is 9.10. The van der Waals surface area contributed by atoms with Crippen LogP contribution in [0, 0.1) is 11.7 Å². The van der Waals surface area contributed by atoms with Crippen molar-refractivity contribution in [3.63, 3.8) is 0 Å². The van der Waals surface area contributed by atoms with E-state index < -0.39 is 0 Å². The van der Waals surface area contributed by atoms with E-state index in [2.05, 4.69) is 21.4 Å². The molecular formula is C13H18BrFN2O. The maximum Gasteiger partial charge on any atom is 0.124 e. The van der Waals surface area contributed by atoms with Crippen molar-refractivity contribution in [2.45, 2.75) is 25.3 Å². The van der Waals surface area contributed by atoms with Gasteiger partial charge in [-0.15, -0.1) is 0 Å². The van der Waals surface area contributed by atoms with Gasteiger partial charge in [-0.2, -0.15) is 0 Å². The molecule has 1 heterocycles. The van der Waals surface area contributed by atoms with Crippen molar-refractivity contribution >= 4 is 15.9 Å². The maximum absolute atomic E-state index is 13.0. The molecule has 2 atom stereocenters. The Labute approximate surface area is 115 Å². The first-order valence-electron chi connectivity index (χ1n) is 6.18. The van der Waals surface area contributed by atoms with Gasteiger partial charge in [0.2, 0.25) is 0 Å². The molecule has 5 heteroatoms. The monoisotopic (exact) mass is 316 g/mol. The molecule has 0 saturated carbocycles. The van der Waals surface area contributed by atoms with Gasteiger partial charge in [0.15, 0.2) is 0 Å². The van der Waals surface area contributed by atoms with Gasteiger partial charge in [-0.1, -0.05) is 22.0 Å². The Hall–Kier alpha value is -0.490. The second-order valence-corrected chi connectivity index (χ2v) is 5.54. The van der Waals surface area contributed by atoms with Crippen molar-refractivity contribution in [3.05, 3.63) is 34.1 Å². The Morgan fingerprint density at radius 2 is 2.39 bits per heavy atom. The summed E-state index contributed by atoms with van der Waals surface area (Å²) >= 11 is 3.39. The zero-order chi connectivity index (χ0) is 13.0. The van der Waals surface area contributed by atoms with Crippen molar-refractivity contribution in [1.29, 1.82) is 0 Å². The van der Waals surface area contributed by atoms with Crippen LogP contribution in [0.4, 0.5) is 4.39 Å². The number of hydrazine groups is 1. The van der Waals surface area contributed by atoms with E-state index >= 15 is 0 Å². The first kappa shape index (κ1) is 13.9. The van der Waals surface area contributed by atoms with Crippen molar-refractivity contribution in [2.75, 3.05) is 13.2 Å². The van der Waals surface area contributed by atoms with Crippen molar-refractivity contribution in [1.82, 2.24) is 5.43 Å². The van der Waals surface area contributed by atoms with Gasteiger partial charge in [0.05, 0.1) is 6.61 Å². The van der Waals surface area contributed by atoms with Gasteiger partial charge in [0.1, 0.15) is 5.82 Å². The second kappa shape index (κ2) is 6.61. The SMILES string of the molecule is NNC(Cc1ccc(F)cc1Br)C1CCCOC1. The van der Waals surface area contributed by atoms with Crippen LogP contribution in [0.3, 0.4) is 0 Å². The largest absolute Gasteiger partial charge is 0.381 e. The van der Waals surface area contributed by atoms with Gasteiger partial charge < -0.3 is 4.74 Å². The van der Waals surface area contributed by atoms with Gasteiger partial charge in [0, 0.05) is 17.1 Å². The third-order valence-corrected chi connectivity index (χ3v) is 4.17. The van der Waals surface area contributed by atoms with Gasteiger partial charge in [0.25, 0.3) is 0 Å². The van der Waals surface area contributed by atoms with Crippen LogP contribution in [0.2, 0.25) is 0 Å². The number of rotatable bonds is 4. The summed E-state index contributed by atoms with van der Waals surface area (Å²) in [5.41, 5.74) is 3.93. The van der Waals surface area contributed by atoms with Gasteiger partial charge in [-0.25, -0.2) is 4.39 Å². The number of hydrogen-bond donors (Lipinski definition) is 2. The fourth-order valence-electron chi connectivity index (χ4n) is 2.37. The third kappa shape index (κ3) is 3.51. The number of nitrogens with one attached hydrogen (secondary N) is 1. The number of halogens is 2. The zero-order valence-electron chi connectivity index (χ0n) is 10.2. The highest BCUT2D eigenvalue weighted by Gasteiger charge is 2.24. The Bertz CT molecular complexity index is 397. The number of ether oxygens (including phenoxy) is 1. The molecule has 18 heavy (non-hydrogen) atoms. The smallest absolute Gasteiger partial charge is 0.124 e. The van der Waals surface area contributed by atoms with Crippen LogP contribution in [-0.2, 0) is 11.2 Å². The van der Waals surface area contributed by atoms with Crippen LogP contribution in [0.15, 0.2) is 22.7 Å². The molecule has 1 fully saturated rings. The lowest BCUT2D eigenvalue weighted by Crippen LogP contribution is -2.45. The molecule has 2 rings (SSSR count). The van der Waals surface area contributed by atoms with Crippen LogP contribution >= 0.6 is 15.9 Å². The number of benzene rings is 1. The first-order valence-corrected chi connectivity index (χ1v) is 6.98. The van der Waals surface area contributed by atoms with E-state index in [9.17, 15) is 4.39 Å². The van der Waals surface area contributed by atoms with E-state index in [1.807, 2.05) is 0 Å². The summed E-state index contributed by atoms with van der Waals surface area (Å²) in [6.07, 6.45) is 2.96. The number of hydrogen-bond acceptors (Lipinski definition) is 3. The van der Waals surface area contributed by atoms with Crippen molar-refractivity contribution in [2.24, 2.45) is 11.8 Å². The fourth-order valence-corrected chi connectivity index (χ4v) is 2.88. The molecule has 3 nitrogen and oxygen atoms in total. The summed E-state index contributed by atoms with van der Waals surface area (Å²) in [4.78, 5) is 0. The first-order chi connectivity index (χ1) is 8.70. The Morgan fingerprint density at radius 1 is 1.56 bits per heavy atom. The van der Waals surface area contributed by atoms with Gasteiger partial charge in [-0.05, 0) is 42.9 Å². The Kier molecular flexibility index (Phi) is 5.12. The summed E-state index contributed by atoms with van der Waals surface area (Å²) in [5.74, 6) is 5.82.